The number of carbonyl (C=O) groups excluding carboxylic acids is 1. The predicted octanol–water partition coefficient (Wildman–Crippen LogP) is 5.06. The molecule has 0 atom stereocenters. The lowest BCUT2D eigenvalue weighted by Gasteiger charge is -2.11. The van der Waals surface area contributed by atoms with E-state index in [-0.39, 0.29) is 5.91 Å². The molecular weight excluding hydrogens is 388 g/mol. The number of nitrogens with zero attached hydrogens (tertiary/aromatic N) is 3. The van der Waals surface area contributed by atoms with Gasteiger partial charge < -0.3 is 10.2 Å². The number of para-hydroxylation sites is 1. The van der Waals surface area contributed by atoms with Crippen molar-refractivity contribution in [3.8, 4) is 11.1 Å². The molecule has 3 aromatic rings. The number of hydrogen-bond donors (Lipinski definition) is 1. The minimum Gasteiger partial charge on any atom is -0.396 e. The van der Waals surface area contributed by atoms with E-state index >= 15 is 0 Å². The average molecular weight is 411 g/mol. The number of carbonyl (C=O) groups is 1. The number of amides is 1. The van der Waals surface area contributed by atoms with Gasteiger partial charge in [0.15, 0.2) is 0 Å². The van der Waals surface area contributed by atoms with Crippen molar-refractivity contribution in [1.82, 2.24) is 9.78 Å². The van der Waals surface area contributed by atoms with Crippen LogP contribution in [-0.2, 0) is 11.9 Å². The Morgan fingerprint density at radius 2 is 1.97 bits per heavy atom. The molecule has 0 spiro atoms. The van der Waals surface area contributed by atoms with Gasteiger partial charge in [0, 0.05) is 18.3 Å². The number of rotatable bonds is 7. The number of aromatic nitrogens is 2. The standard InChI is InChI=1S/C22H23ClN4O2/c1-4-13-29-24-14-16-9-11-17(12-10-16)18-7-5-6-8-19(18)25-22(28)20-15(2)26-27(3)21(20)23/h5-12,14H,4,13H2,1-3H3,(H,25,28)/b24-14+. The van der Waals surface area contributed by atoms with Crippen LogP contribution in [0.2, 0.25) is 5.15 Å². The van der Waals surface area contributed by atoms with Gasteiger partial charge in [-0.3, -0.25) is 9.48 Å². The maximum atomic E-state index is 12.8. The fourth-order valence-corrected chi connectivity index (χ4v) is 3.17. The van der Waals surface area contributed by atoms with Crippen LogP contribution in [0, 0.1) is 6.92 Å². The van der Waals surface area contributed by atoms with Gasteiger partial charge in [0.05, 0.1) is 17.5 Å². The summed E-state index contributed by atoms with van der Waals surface area (Å²) in [5, 5.41) is 11.4. The molecule has 150 valence electrons. The molecule has 0 unspecified atom stereocenters. The molecular formula is C22H23ClN4O2. The molecule has 0 saturated heterocycles. The third-order valence-electron chi connectivity index (χ3n) is 4.35. The number of hydrogen-bond acceptors (Lipinski definition) is 4. The summed E-state index contributed by atoms with van der Waals surface area (Å²) in [7, 11) is 1.71. The molecule has 1 heterocycles. The van der Waals surface area contributed by atoms with Gasteiger partial charge in [-0.05, 0) is 30.5 Å². The molecule has 0 aliphatic heterocycles. The lowest BCUT2D eigenvalue weighted by molar-refractivity contribution is 0.102. The Bertz CT molecular complexity index is 1030. The lowest BCUT2D eigenvalue weighted by atomic mass is 10.0. The van der Waals surface area contributed by atoms with Crippen molar-refractivity contribution in [1.29, 1.82) is 0 Å². The SMILES string of the molecule is CCCO/N=C/c1ccc(-c2ccccc2NC(=O)c2c(C)nn(C)c2Cl)cc1. The molecule has 3 rings (SSSR count). The summed E-state index contributed by atoms with van der Waals surface area (Å²) in [6.45, 7) is 4.39. The molecule has 1 N–H and O–H groups in total. The van der Waals surface area contributed by atoms with Crippen LogP contribution in [0.1, 0.15) is 35.0 Å². The Morgan fingerprint density at radius 1 is 1.24 bits per heavy atom. The second-order valence-electron chi connectivity index (χ2n) is 6.56. The molecule has 1 amide bonds. The minimum atomic E-state index is -0.287. The second kappa shape index (κ2) is 9.39. The smallest absolute Gasteiger partial charge is 0.260 e. The van der Waals surface area contributed by atoms with Gasteiger partial charge in [0.25, 0.3) is 5.91 Å². The Morgan fingerprint density at radius 3 is 2.62 bits per heavy atom. The monoisotopic (exact) mass is 410 g/mol. The topological polar surface area (TPSA) is 68.5 Å². The molecule has 0 fully saturated rings. The third-order valence-corrected chi connectivity index (χ3v) is 4.78. The number of halogens is 1. The summed E-state index contributed by atoms with van der Waals surface area (Å²) in [5.74, 6) is -0.287. The molecule has 29 heavy (non-hydrogen) atoms. The Kier molecular flexibility index (Phi) is 6.67. The zero-order valence-corrected chi connectivity index (χ0v) is 17.4. The first-order chi connectivity index (χ1) is 14.0. The van der Waals surface area contributed by atoms with Gasteiger partial charge in [0.2, 0.25) is 0 Å². The van der Waals surface area contributed by atoms with Crippen molar-refractivity contribution < 1.29 is 9.63 Å². The molecule has 6 nitrogen and oxygen atoms in total. The molecule has 0 bridgehead atoms. The van der Waals surface area contributed by atoms with Crippen LogP contribution < -0.4 is 5.32 Å². The first-order valence-corrected chi connectivity index (χ1v) is 9.74. The largest absolute Gasteiger partial charge is 0.396 e. The molecule has 0 aliphatic carbocycles. The fraction of sp³-hybridized carbons (Fsp3) is 0.227. The van der Waals surface area contributed by atoms with Crippen LogP contribution >= 0.6 is 11.6 Å². The Hall–Kier alpha value is -3.12. The van der Waals surface area contributed by atoms with E-state index in [4.69, 9.17) is 16.4 Å². The van der Waals surface area contributed by atoms with Crippen LogP contribution in [0.25, 0.3) is 11.1 Å². The first-order valence-electron chi connectivity index (χ1n) is 9.36. The number of nitrogens with one attached hydrogen (secondary N) is 1. The molecule has 1 aromatic heterocycles. The van der Waals surface area contributed by atoms with Crippen molar-refractivity contribution in [2.24, 2.45) is 12.2 Å². The first kappa shape index (κ1) is 20.6. The van der Waals surface area contributed by atoms with Gasteiger partial charge in [0.1, 0.15) is 11.8 Å². The van der Waals surface area contributed by atoms with Crippen LogP contribution in [0.4, 0.5) is 5.69 Å². The Labute approximate surface area is 175 Å². The maximum absolute atomic E-state index is 12.8. The van der Waals surface area contributed by atoms with Crippen molar-refractivity contribution in [3.05, 3.63) is 70.5 Å². The van der Waals surface area contributed by atoms with E-state index in [0.717, 1.165) is 23.1 Å². The highest BCUT2D eigenvalue weighted by molar-refractivity contribution is 6.33. The number of benzene rings is 2. The molecule has 0 saturated carbocycles. The summed E-state index contributed by atoms with van der Waals surface area (Å²) in [4.78, 5) is 17.9. The lowest BCUT2D eigenvalue weighted by Crippen LogP contribution is -2.13. The van der Waals surface area contributed by atoms with Crippen molar-refractivity contribution in [2.45, 2.75) is 20.3 Å². The van der Waals surface area contributed by atoms with Crippen molar-refractivity contribution >= 4 is 29.4 Å². The molecule has 7 heteroatoms. The van der Waals surface area contributed by atoms with E-state index in [1.54, 1.807) is 20.2 Å². The van der Waals surface area contributed by atoms with E-state index in [0.29, 0.717) is 28.7 Å². The number of aryl methyl sites for hydroxylation is 2. The molecule has 0 aliphatic rings. The van der Waals surface area contributed by atoms with Crippen LogP contribution in [0.3, 0.4) is 0 Å². The summed E-state index contributed by atoms with van der Waals surface area (Å²) in [5.41, 5.74) is 4.48. The summed E-state index contributed by atoms with van der Waals surface area (Å²) >= 11 is 6.23. The second-order valence-corrected chi connectivity index (χ2v) is 6.92. The van der Waals surface area contributed by atoms with Crippen LogP contribution in [0.15, 0.2) is 53.7 Å². The summed E-state index contributed by atoms with van der Waals surface area (Å²) in [6, 6.07) is 15.5. The number of oxime groups is 1. The molecule has 0 radical (unpaired) electrons. The van der Waals surface area contributed by atoms with Gasteiger partial charge in [-0.15, -0.1) is 0 Å². The van der Waals surface area contributed by atoms with Crippen molar-refractivity contribution in [2.75, 3.05) is 11.9 Å². The third kappa shape index (κ3) is 4.84. The van der Waals surface area contributed by atoms with Gasteiger partial charge in [-0.25, -0.2) is 0 Å². The Balaban J connectivity index is 1.82. The van der Waals surface area contributed by atoms with Crippen LogP contribution in [-0.4, -0.2) is 28.5 Å². The van der Waals surface area contributed by atoms with Crippen LogP contribution in [0.5, 0.6) is 0 Å². The maximum Gasteiger partial charge on any atom is 0.260 e. The molecule has 2 aromatic carbocycles. The minimum absolute atomic E-state index is 0.287. The van der Waals surface area contributed by atoms with E-state index in [2.05, 4.69) is 15.6 Å². The van der Waals surface area contributed by atoms with Gasteiger partial charge in [-0.1, -0.05) is 66.1 Å². The van der Waals surface area contributed by atoms with E-state index in [1.165, 1.54) is 4.68 Å². The van der Waals surface area contributed by atoms with E-state index in [1.807, 2.05) is 55.5 Å². The highest BCUT2D eigenvalue weighted by atomic mass is 35.5. The number of anilines is 1. The summed E-state index contributed by atoms with van der Waals surface area (Å²) < 4.78 is 1.49. The van der Waals surface area contributed by atoms with E-state index < -0.39 is 0 Å². The zero-order valence-electron chi connectivity index (χ0n) is 16.6. The van der Waals surface area contributed by atoms with E-state index in [9.17, 15) is 4.79 Å². The predicted molar refractivity (Wildman–Crippen MR) is 117 cm³/mol. The quantitative estimate of drug-likeness (QED) is 0.336. The fourth-order valence-electron chi connectivity index (χ4n) is 2.91. The highest BCUT2D eigenvalue weighted by Crippen LogP contribution is 2.29. The van der Waals surface area contributed by atoms with Gasteiger partial charge >= 0.3 is 0 Å². The summed E-state index contributed by atoms with van der Waals surface area (Å²) in [6.07, 6.45) is 2.60. The van der Waals surface area contributed by atoms with Gasteiger partial charge in [-0.2, -0.15) is 5.10 Å². The highest BCUT2D eigenvalue weighted by Gasteiger charge is 2.20. The zero-order chi connectivity index (χ0) is 20.8. The van der Waals surface area contributed by atoms with Crippen molar-refractivity contribution in [3.63, 3.8) is 0 Å². The normalized spacial score (nSPS) is 11.0. The average Bonchev–Trinajstić information content (AvgIpc) is 2.98.